The highest BCUT2D eigenvalue weighted by atomic mass is 32.1. The molecule has 2 aromatic rings. The van der Waals surface area contributed by atoms with E-state index in [1.807, 2.05) is 25.1 Å². The highest BCUT2D eigenvalue weighted by Gasteiger charge is 2.36. The van der Waals surface area contributed by atoms with Crippen LogP contribution in [0.15, 0.2) is 23.3 Å². The SMILES string of the molecule is CC(C)CN(c1ccc(C(C)C/C(=N/N)NN)cc1Nc1nc(C(F)(F)F)ns1)C1CCOCC1. The van der Waals surface area contributed by atoms with E-state index in [2.05, 4.69) is 43.9 Å². The second-order valence-corrected chi connectivity index (χ2v) is 9.79. The third kappa shape index (κ3) is 7.18. The van der Waals surface area contributed by atoms with E-state index in [1.165, 1.54) is 0 Å². The summed E-state index contributed by atoms with van der Waals surface area (Å²) in [5.41, 5.74) is 5.00. The first kappa shape index (κ1) is 27.0. The second kappa shape index (κ2) is 11.9. The molecule has 0 saturated carbocycles. The summed E-state index contributed by atoms with van der Waals surface area (Å²) in [6, 6.07) is 6.22. The van der Waals surface area contributed by atoms with Crippen LogP contribution in [-0.4, -0.2) is 41.0 Å². The first-order valence-electron chi connectivity index (χ1n) is 11.5. The number of aromatic nitrogens is 2. The van der Waals surface area contributed by atoms with Crippen molar-refractivity contribution in [1.82, 2.24) is 14.8 Å². The largest absolute Gasteiger partial charge is 0.452 e. The Labute approximate surface area is 207 Å². The molecule has 1 aromatic heterocycles. The predicted molar refractivity (Wildman–Crippen MR) is 133 cm³/mol. The van der Waals surface area contributed by atoms with Crippen molar-refractivity contribution in [1.29, 1.82) is 0 Å². The van der Waals surface area contributed by atoms with Gasteiger partial charge in [0.15, 0.2) is 0 Å². The maximum Gasteiger partial charge on any atom is 0.452 e. The number of nitrogens with one attached hydrogen (secondary N) is 2. The van der Waals surface area contributed by atoms with Gasteiger partial charge in [-0.1, -0.05) is 26.8 Å². The van der Waals surface area contributed by atoms with Crippen molar-refractivity contribution in [3.05, 3.63) is 29.6 Å². The van der Waals surface area contributed by atoms with E-state index in [1.54, 1.807) is 0 Å². The van der Waals surface area contributed by atoms with Crippen LogP contribution in [0.25, 0.3) is 0 Å². The quantitative estimate of drug-likeness (QED) is 0.170. The van der Waals surface area contributed by atoms with Crippen LogP contribution in [0.5, 0.6) is 0 Å². The number of hydrazone groups is 1. The van der Waals surface area contributed by atoms with Crippen molar-refractivity contribution in [3.8, 4) is 0 Å². The van der Waals surface area contributed by atoms with Crippen LogP contribution in [0.4, 0.5) is 29.7 Å². The van der Waals surface area contributed by atoms with Gasteiger partial charge in [0, 0.05) is 43.8 Å². The number of nitrogens with two attached hydrogens (primary N) is 2. The summed E-state index contributed by atoms with van der Waals surface area (Å²) in [5, 5.41) is 6.84. The van der Waals surface area contributed by atoms with Gasteiger partial charge in [-0.15, -0.1) is 0 Å². The van der Waals surface area contributed by atoms with Crippen LogP contribution in [0, 0.1) is 5.92 Å². The van der Waals surface area contributed by atoms with E-state index in [0.29, 0.717) is 48.6 Å². The van der Waals surface area contributed by atoms with Crippen molar-refractivity contribution in [2.24, 2.45) is 22.7 Å². The Balaban J connectivity index is 2.01. The molecule has 1 saturated heterocycles. The predicted octanol–water partition coefficient (Wildman–Crippen LogP) is 4.17. The fourth-order valence-electron chi connectivity index (χ4n) is 4.11. The summed E-state index contributed by atoms with van der Waals surface area (Å²) in [4.78, 5) is 5.99. The molecule has 1 aliphatic rings. The number of benzene rings is 1. The summed E-state index contributed by atoms with van der Waals surface area (Å²) >= 11 is 0.680. The third-order valence-electron chi connectivity index (χ3n) is 5.84. The molecule has 0 spiro atoms. The van der Waals surface area contributed by atoms with Gasteiger partial charge in [0.05, 0.1) is 11.4 Å². The van der Waals surface area contributed by atoms with Crippen molar-refractivity contribution < 1.29 is 17.9 Å². The molecule has 0 radical (unpaired) electrons. The Hall–Kier alpha value is -2.64. The number of hydrogen-bond donors (Lipinski definition) is 4. The molecule has 1 fully saturated rings. The molecule has 1 unspecified atom stereocenters. The number of rotatable bonds is 9. The van der Waals surface area contributed by atoms with Crippen LogP contribution >= 0.6 is 11.5 Å². The van der Waals surface area contributed by atoms with Crippen LogP contribution in [0.3, 0.4) is 0 Å². The van der Waals surface area contributed by atoms with Crippen LogP contribution in [0.2, 0.25) is 0 Å². The summed E-state index contributed by atoms with van der Waals surface area (Å²) in [6.45, 7) is 8.43. The minimum atomic E-state index is -4.60. The van der Waals surface area contributed by atoms with Crippen molar-refractivity contribution in [2.75, 3.05) is 30.0 Å². The zero-order valence-corrected chi connectivity index (χ0v) is 20.9. The number of nitrogens with zero attached hydrogens (tertiary/aromatic N) is 4. The van der Waals surface area contributed by atoms with Gasteiger partial charge in [-0.3, -0.25) is 0 Å². The molecule has 3 rings (SSSR count). The van der Waals surface area contributed by atoms with Gasteiger partial charge >= 0.3 is 6.18 Å². The van der Waals surface area contributed by atoms with Gasteiger partial charge in [0.2, 0.25) is 11.0 Å². The fourth-order valence-corrected chi connectivity index (χ4v) is 4.71. The first-order chi connectivity index (χ1) is 16.6. The Kier molecular flexibility index (Phi) is 9.14. The molecule has 194 valence electrons. The van der Waals surface area contributed by atoms with Gasteiger partial charge in [0.25, 0.3) is 0 Å². The minimum absolute atomic E-state index is 0.00950. The van der Waals surface area contributed by atoms with Crippen LogP contribution < -0.4 is 27.3 Å². The molecule has 0 amide bonds. The number of anilines is 3. The summed E-state index contributed by atoms with van der Waals surface area (Å²) in [5.74, 6) is 10.5. The fraction of sp³-hybridized carbons (Fsp3) is 0.591. The highest BCUT2D eigenvalue weighted by molar-refractivity contribution is 7.09. The molecule has 1 atom stereocenters. The molecular formula is C22H33F3N8OS. The smallest absolute Gasteiger partial charge is 0.381 e. The number of hydrazine groups is 1. The molecule has 35 heavy (non-hydrogen) atoms. The molecule has 13 heteroatoms. The number of hydrogen-bond acceptors (Lipinski definition) is 9. The Bertz CT molecular complexity index is 991. The topological polar surface area (TPSA) is 127 Å². The van der Waals surface area contributed by atoms with Crippen LogP contribution in [0.1, 0.15) is 57.3 Å². The number of amidine groups is 1. The van der Waals surface area contributed by atoms with Gasteiger partial charge in [-0.2, -0.15) is 27.6 Å². The van der Waals surface area contributed by atoms with Gasteiger partial charge in [0.1, 0.15) is 5.84 Å². The molecule has 6 N–H and O–H groups in total. The molecule has 0 bridgehead atoms. The number of halogens is 3. The summed E-state index contributed by atoms with van der Waals surface area (Å²) in [7, 11) is 0. The second-order valence-electron chi connectivity index (χ2n) is 9.04. The highest BCUT2D eigenvalue weighted by Crippen LogP contribution is 2.37. The maximum atomic E-state index is 13.1. The molecule has 1 aliphatic heterocycles. The Morgan fingerprint density at radius 3 is 2.57 bits per heavy atom. The lowest BCUT2D eigenvalue weighted by atomic mass is 9.95. The maximum absolute atomic E-state index is 13.1. The Morgan fingerprint density at radius 1 is 1.29 bits per heavy atom. The van der Waals surface area contributed by atoms with Crippen molar-refractivity contribution in [3.63, 3.8) is 0 Å². The van der Waals surface area contributed by atoms with E-state index in [0.717, 1.165) is 30.6 Å². The molecular weight excluding hydrogens is 481 g/mol. The normalized spacial score (nSPS) is 16.4. The average molecular weight is 515 g/mol. The number of ether oxygens (including phenoxy) is 1. The Morgan fingerprint density at radius 2 is 2.00 bits per heavy atom. The zero-order chi connectivity index (χ0) is 25.6. The van der Waals surface area contributed by atoms with Crippen LogP contribution in [-0.2, 0) is 10.9 Å². The van der Waals surface area contributed by atoms with Gasteiger partial charge in [-0.05, 0) is 42.4 Å². The monoisotopic (exact) mass is 514 g/mol. The van der Waals surface area contributed by atoms with E-state index in [4.69, 9.17) is 16.4 Å². The molecule has 0 aliphatic carbocycles. The number of alkyl halides is 3. The van der Waals surface area contributed by atoms with E-state index < -0.39 is 12.0 Å². The van der Waals surface area contributed by atoms with E-state index >= 15 is 0 Å². The lowest BCUT2D eigenvalue weighted by Crippen LogP contribution is -2.42. The lowest BCUT2D eigenvalue weighted by Gasteiger charge is -2.38. The van der Waals surface area contributed by atoms with Crippen molar-refractivity contribution in [2.45, 2.75) is 58.2 Å². The van der Waals surface area contributed by atoms with E-state index in [-0.39, 0.29) is 17.1 Å². The molecule has 9 nitrogen and oxygen atoms in total. The zero-order valence-electron chi connectivity index (χ0n) is 20.1. The molecule has 2 heterocycles. The van der Waals surface area contributed by atoms with Crippen molar-refractivity contribution >= 4 is 33.9 Å². The summed E-state index contributed by atoms with van der Waals surface area (Å²) in [6.07, 6.45) is -2.38. The van der Waals surface area contributed by atoms with Gasteiger partial charge in [-0.25, -0.2) is 5.84 Å². The first-order valence-corrected chi connectivity index (χ1v) is 12.3. The summed E-state index contributed by atoms with van der Waals surface area (Å²) < 4.78 is 48.3. The standard InChI is InChI=1S/C22H33F3N8OS/c1-13(2)12-33(16-6-8-34-9-7-16)18-5-4-15(14(3)10-19(30-26)31-27)11-17(18)28-21-29-20(32-35-21)22(23,24)25/h4-5,11,13-14,16H,6-10,12,26-27H2,1-3H3,(H,30,31)(H,28,29,32). The minimum Gasteiger partial charge on any atom is -0.381 e. The third-order valence-corrected chi connectivity index (χ3v) is 6.47. The molecule has 1 aromatic carbocycles. The van der Waals surface area contributed by atoms with E-state index in [9.17, 15) is 13.2 Å². The lowest BCUT2D eigenvalue weighted by molar-refractivity contribution is -0.144. The average Bonchev–Trinajstić information content (AvgIpc) is 3.30. The van der Waals surface area contributed by atoms with Gasteiger partial charge < -0.3 is 26.2 Å².